The van der Waals surface area contributed by atoms with Crippen LogP contribution in [0.5, 0.6) is 0 Å². The molecule has 3 heterocycles. The first-order chi connectivity index (χ1) is 11.8. The van der Waals surface area contributed by atoms with Gasteiger partial charge in [-0.15, -0.1) is 10.2 Å². The fraction of sp³-hybridized carbons (Fsp3) is 0.556. The number of hydrogen-bond acceptors (Lipinski definition) is 5. The fourth-order valence-electron chi connectivity index (χ4n) is 3.30. The monoisotopic (exact) mass is 344 g/mol. The van der Waals surface area contributed by atoms with Crippen molar-refractivity contribution in [2.75, 3.05) is 0 Å². The van der Waals surface area contributed by atoms with Crippen LogP contribution in [0.2, 0.25) is 0 Å². The summed E-state index contributed by atoms with van der Waals surface area (Å²) in [6, 6.07) is 5.39. The van der Waals surface area contributed by atoms with E-state index in [4.69, 9.17) is 4.74 Å². The predicted octanol–water partition coefficient (Wildman–Crippen LogP) is 2.27. The summed E-state index contributed by atoms with van der Waals surface area (Å²) in [6.45, 7) is 7.72. The molecule has 25 heavy (non-hydrogen) atoms. The lowest BCUT2D eigenvalue weighted by atomic mass is 9.89. The molecule has 0 bridgehead atoms. The smallest absolute Gasteiger partial charge is 0.307 e. The number of amides is 1. The van der Waals surface area contributed by atoms with E-state index in [1.165, 1.54) is 0 Å². The van der Waals surface area contributed by atoms with Gasteiger partial charge in [0.15, 0.2) is 11.5 Å². The summed E-state index contributed by atoms with van der Waals surface area (Å²) in [5.41, 5.74) is -0.0589. The molecule has 1 fully saturated rings. The molecule has 1 amide bonds. The zero-order chi connectivity index (χ0) is 18.2. The van der Waals surface area contributed by atoms with Crippen LogP contribution in [-0.2, 0) is 14.3 Å². The minimum Gasteiger partial charge on any atom is -0.459 e. The summed E-state index contributed by atoms with van der Waals surface area (Å²) in [7, 11) is 0. The molecule has 1 aliphatic rings. The van der Waals surface area contributed by atoms with E-state index in [1.807, 2.05) is 28.8 Å². The molecule has 3 rings (SSSR count). The molecule has 1 N–H and O–H groups in total. The Hall–Kier alpha value is -2.44. The van der Waals surface area contributed by atoms with Crippen LogP contribution in [0.15, 0.2) is 24.4 Å². The summed E-state index contributed by atoms with van der Waals surface area (Å²) < 4.78 is 7.16. The molecule has 7 nitrogen and oxygen atoms in total. The second-order valence-corrected chi connectivity index (χ2v) is 7.51. The van der Waals surface area contributed by atoms with Gasteiger partial charge >= 0.3 is 5.97 Å². The summed E-state index contributed by atoms with van der Waals surface area (Å²) in [5.74, 6) is 0.0260. The molecular weight excluding hydrogens is 320 g/mol. The zero-order valence-corrected chi connectivity index (χ0v) is 15.0. The fourth-order valence-corrected chi connectivity index (χ4v) is 3.30. The summed E-state index contributed by atoms with van der Waals surface area (Å²) >= 11 is 0. The number of aromatic nitrogens is 3. The van der Waals surface area contributed by atoms with E-state index >= 15 is 0 Å². The minimum atomic E-state index is -0.795. The first kappa shape index (κ1) is 17.4. The lowest BCUT2D eigenvalue weighted by molar-refractivity contribution is -0.147. The van der Waals surface area contributed by atoms with Crippen LogP contribution in [0, 0.1) is 11.8 Å². The Bertz CT molecular complexity index is 796. The van der Waals surface area contributed by atoms with Crippen LogP contribution in [0.4, 0.5) is 0 Å². The Morgan fingerprint density at radius 1 is 1.40 bits per heavy atom. The molecular formula is C18H24N4O3. The maximum atomic E-state index is 12.8. The van der Waals surface area contributed by atoms with E-state index in [9.17, 15) is 9.59 Å². The normalized spacial score (nSPS) is 20.7. The number of rotatable bonds is 5. The van der Waals surface area contributed by atoms with Crippen LogP contribution >= 0.6 is 0 Å². The van der Waals surface area contributed by atoms with Crippen molar-refractivity contribution in [3.8, 4) is 0 Å². The molecule has 0 radical (unpaired) electrons. The average Bonchev–Trinajstić information content (AvgIpc) is 3.06. The number of esters is 1. The van der Waals surface area contributed by atoms with Crippen LogP contribution in [0.3, 0.4) is 0 Å². The van der Waals surface area contributed by atoms with E-state index in [2.05, 4.69) is 29.4 Å². The van der Waals surface area contributed by atoms with Crippen molar-refractivity contribution >= 4 is 17.5 Å². The van der Waals surface area contributed by atoms with Crippen molar-refractivity contribution in [1.82, 2.24) is 19.9 Å². The molecule has 2 aromatic heterocycles. The number of fused-ring (bicyclic) bond motifs is 1. The average molecular weight is 344 g/mol. The molecule has 7 heteroatoms. The number of hydrogen-bond donors (Lipinski definition) is 1. The third kappa shape index (κ3) is 3.50. The Labute approximate surface area is 146 Å². The lowest BCUT2D eigenvalue weighted by Crippen LogP contribution is -2.42. The number of pyridine rings is 1. The van der Waals surface area contributed by atoms with Gasteiger partial charge in [0.25, 0.3) is 0 Å². The number of carbonyl (C=O) groups excluding carboxylic acids is 2. The molecule has 1 saturated heterocycles. The molecule has 0 saturated carbocycles. The highest BCUT2D eigenvalue weighted by atomic mass is 16.6. The highest BCUT2D eigenvalue weighted by Gasteiger charge is 2.46. The molecule has 0 aromatic carbocycles. The molecule has 134 valence electrons. The van der Waals surface area contributed by atoms with Crippen LogP contribution in [0.1, 0.15) is 52.4 Å². The van der Waals surface area contributed by atoms with Gasteiger partial charge in [0.05, 0.1) is 18.4 Å². The molecule has 1 aliphatic heterocycles. The molecule has 0 unspecified atom stereocenters. The number of nitrogens with one attached hydrogen (secondary N) is 1. The Kier molecular flexibility index (Phi) is 4.49. The SMILES string of the molecule is CC(C)C[C@H](NC(=O)[C@@H]1CC(=O)OC1(C)C)c1nnc2ccccn12. The number of cyclic esters (lactones) is 1. The zero-order valence-electron chi connectivity index (χ0n) is 15.0. The highest BCUT2D eigenvalue weighted by Crippen LogP contribution is 2.33. The standard InChI is InChI=1S/C18H24N4O3/c1-11(2)9-13(16-21-20-14-7-5-6-8-22(14)16)19-17(24)12-10-15(23)25-18(12,3)4/h5-8,11-13H,9-10H2,1-4H3,(H,19,24)/t12-,13-/m0/s1. The Balaban J connectivity index is 1.87. The van der Waals surface area contributed by atoms with Crippen LogP contribution in [-0.4, -0.2) is 32.1 Å². The van der Waals surface area contributed by atoms with E-state index in [0.717, 1.165) is 12.1 Å². The van der Waals surface area contributed by atoms with E-state index < -0.39 is 11.5 Å². The summed E-state index contributed by atoms with van der Waals surface area (Å²) in [4.78, 5) is 24.4. The van der Waals surface area contributed by atoms with Gasteiger partial charge in [-0.2, -0.15) is 0 Å². The van der Waals surface area contributed by atoms with Crippen molar-refractivity contribution < 1.29 is 14.3 Å². The molecule has 0 spiro atoms. The second kappa shape index (κ2) is 6.46. The maximum absolute atomic E-state index is 12.8. The van der Waals surface area contributed by atoms with Crippen molar-refractivity contribution in [2.45, 2.75) is 52.2 Å². The Morgan fingerprint density at radius 2 is 2.16 bits per heavy atom. The van der Waals surface area contributed by atoms with Gasteiger partial charge in [0.2, 0.25) is 5.91 Å². The molecule has 0 aliphatic carbocycles. The molecule has 2 atom stereocenters. The summed E-state index contributed by atoms with van der Waals surface area (Å²) in [5, 5.41) is 11.5. The van der Waals surface area contributed by atoms with Crippen molar-refractivity contribution in [3.05, 3.63) is 30.2 Å². The van der Waals surface area contributed by atoms with Gasteiger partial charge < -0.3 is 10.1 Å². The van der Waals surface area contributed by atoms with Gasteiger partial charge in [-0.1, -0.05) is 19.9 Å². The lowest BCUT2D eigenvalue weighted by Gasteiger charge is -2.26. The first-order valence-electron chi connectivity index (χ1n) is 8.60. The van der Waals surface area contributed by atoms with Crippen LogP contribution < -0.4 is 5.32 Å². The van der Waals surface area contributed by atoms with E-state index in [1.54, 1.807) is 13.8 Å². The van der Waals surface area contributed by atoms with Crippen molar-refractivity contribution in [2.24, 2.45) is 11.8 Å². The Morgan fingerprint density at radius 3 is 2.80 bits per heavy atom. The maximum Gasteiger partial charge on any atom is 0.307 e. The highest BCUT2D eigenvalue weighted by molar-refractivity contribution is 5.87. The quantitative estimate of drug-likeness (QED) is 0.841. The van der Waals surface area contributed by atoms with E-state index in [0.29, 0.717) is 11.7 Å². The topological polar surface area (TPSA) is 85.6 Å². The van der Waals surface area contributed by atoms with Crippen molar-refractivity contribution in [1.29, 1.82) is 0 Å². The first-order valence-corrected chi connectivity index (χ1v) is 8.60. The van der Waals surface area contributed by atoms with Gasteiger partial charge in [-0.3, -0.25) is 14.0 Å². The van der Waals surface area contributed by atoms with Gasteiger partial charge in [0, 0.05) is 6.20 Å². The molecule has 2 aromatic rings. The van der Waals surface area contributed by atoms with Gasteiger partial charge in [-0.25, -0.2) is 0 Å². The van der Waals surface area contributed by atoms with Crippen LogP contribution in [0.25, 0.3) is 5.65 Å². The largest absolute Gasteiger partial charge is 0.459 e. The predicted molar refractivity (Wildman–Crippen MR) is 91.6 cm³/mol. The third-order valence-corrected chi connectivity index (χ3v) is 4.58. The summed E-state index contributed by atoms with van der Waals surface area (Å²) in [6.07, 6.45) is 2.72. The third-order valence-electron chi connectivity index (χ3n) is 4.58. The van der Waals surface area contributed by atoms with Gasteiger partial charge in [0.1, 0.15) is 5.60 Å². The number of nitrogens with zero attached hydrogens (tertiary/aromatic N) is 3. The minimum absolute atomic E-state index is 0.105. The number of ether oxygens (including phenoxy) is 1. The second-order valence-electron chi connectivity index (χ2n) is 7.51. The number of carbonyl (C=O) groups is 2. The van der Waals surface area contributed by atoms with Gasteiger partial charge in [-0.05, 0) is 38.3 Å². The van der Waals surface area contributed by atoms with Crippen molar-refractivity contribution in [3.63, 3.8) is 0 Å². The van der Waals surface area contributed by atoms with E-state index in [-0.39, 0.29) is 24.3 Å².